The molecule has 15 heavy (non-hydrogen) atoms. The van der Waals surface area contributed by atoms with Gasteiger partial charge in [-0.25, -0.2) is 0 Å². The molecule has 0 amide bonds. The average molecular weight is 205 g/mol. The molecule has 1 aromatic rings. The Bertz CT molecular complexity index is 395. The monoisotopic (exact) mass is 205 g/mol. The zero-order chi connectivity index (χ0) is 11.3. The van der Waals surface area contributed by atoms with Crippen LogP contribution in [0.25, 0.3) is 0 Å². The second kappa shape index (κ2) is 5.01. The third-order valence-corrected chi connectivity index (χ3v) is 1.81. The lowest BCUT2D eigenvalue weighted by Gasteiger charge is -2.11. The van der Waals surface area contributed by atoms with Crippen LogP contribution in [-0.4, -0.2) is 19.5 Å². The zero-order valence-electron chi connectivity index (χ0n) is 8.56. The number of nitrogens with zero attached hydrogens (tertiary/aromatic N) is 1. The first-order valence-corrected chi connectivity index (χ1v) is 4.40. The number of ether oxygens (including phenoxy) is 2. The van der Waals surface area contributed by atoms with Crippen molar-refractivity contribution in [2.45, 2.75) is 13.0 Å². The molecule has 0 aromatic heterocycles. The van der Waals surface area contributed by atoms with Gasteiger partial charge in [0.15, 0.2) is 17.6 Å². The first-order chi connectivity index (χ1) is 7.21. The van der Waals surface area contributed by atoms with Crippen LogP contribution in [0.4, 0.5) is 0 Å². The van der Waals surface area contributed by atoms with Crippen LogP contribution in [0.2, 0.25) is 0 Å². The average Bonchev–Trinajstić information content (AvgIpc) is 2.29. The molecule has 0 spiro atoms. The molecule has 0 radical (unpaired) electrons. The number of rotatable bonds is 4. The third kappa shape index (κ3) is 2.71. The van der Waals surface area contributed by atoms with Crippen molar-refractivity contribution in [2.75, 3.05) is 7.11 Å². The van der Waals surface area contributed by atoms with Gasteiger partial charge in [-0.15, -0.1) is 0 Å². The minimum absolute atomic E-state index is 0.446. The second-order valence-corrected chi connectivity index (χ2v) is 2.92. The maximum Gasteiger partial charge on any atom is 0.181 e. The van der Waals surface area contributed by atoms with E-state index < -0.39 is 6.10 Å². The van der Waals surface area contributed by atoms with Crippen LogP contribution in [0.1, 0.15) is 17.3 Å². The lowest BCUT2D eigenvalue weighted by Crippen LogP contribution is -2.09. The van der Waals surface area contributed by atoms with Crippen molar-refractivity contribution in [2.24, 2.45) is 0 Å². The molecule has 78 valence electrons. The number of methoxy groups -OCH3 is 1. The molecule has 0 N–H and O–H groups in total. The lowest BCUT2D eigenvalue weighted by atomic mass is 10.2. The van der Waals surface area contributed by atoms with Crippen molar-refractivity contribution in [1.82, 2.24) is 0 Å². The molecule has 1 atom stereocenters. The Labute approximate surface area is 88.0 Å². The molecule has 1 aromatic carbocycles. The van der Waals surface area contributed by atoms with Gasteiger partial charge in [0.05, 0.1) is 7.11 Å². The SMILES string of the molecule is COc1cc(C=O)ccc1OC(C)C#N. The number of nitriles is 1. The van der Waals surface area contributed by atoms with E-state index in [9.17, 15) is 4.79 Å². The topological polar surface area (TPSA) is 59.3 Å². The minimum Gasteiger partial charge on any atom is -0.493 e. The fraction of sp³-hybridized carbons (Fsp3) is 0.273. The molecule has 0 aliphatic carbocycles. The van der Waals surface area contributed by atoms with Gasteiger partial charge in [0.1, 0.15) is 12.4 Å². The summed E-state index contributed by atoms with van der Waals surface area (Å²) in [6, 6.07) is 6.72. The van der Waals surface area contributed by atoms with Crippen LogP contribution in [0, 0.1) is 11.3 Å². The molecular weight excluding hydrogens is 194 g/mol. The van der Waals surface area contributed by atoms with Gasteiger partial charge in [0.2, 0.25) is 0 Å². The quantitative estimate of drug-likeness (QED) is 0.703. The van der Waals surface area contributed by atoms with E-state index in [0.29, 0.717) is 17.1 Å². The predicted octanol–water partition coefficient (Wildman–Crippen LogP) is 1.80. The van der Waals surface area contributed by atoms with Crippen molar-refractivity contribution in [3.8, 4) is 17.6 Å². The summed E-state index contributed by atoms with van der Waals surface area (Å²) in [6.45, 7) is 1.63. The van der Waals surface area contributed by atoms with Gasteiger partial charge in [-0.1, -0.05) is 0 Å². The van der Waals surface area contributed by atoms with Crippen LogP contribution in [0.3, 0.4) is 0 Å². The molecule has 0 aliphatic rings. The smallest absolute Gasteiger partial charge is 0.181 e. The molecule has 0 saturated carbocycles. The summed E-state index contributed by atoms with van der Waals surface area (Å²) in [5, 5.41) is 8.59. The molecule has 0 heterocycles. The summed E-state index contributed by atoms with van der Waals surface area (Å²) in [6.07, 6.45) is 0.168. The van der Waals surface area contributed by atoms with Gasteiger partial charge >= 0.3 is 0 Å². The molecular formula is C11H11NO3. The number of hydrogen-bond acceptors (Lipinski definition) is 4. The van der Waals surface area contributed by atoms with Gasteiger partial charge in [-0.05, 0) is 25.1 Å². The molecule has 0 fully saturated rings. The second-order valence-electron chi connectivity index (χ2n) is 2.92. The van der Waals surface area contributed by atoms with E-state index in [-0.39, 0.29) is 0 Å². The standard InChI is InChI=1S/C11H11NO3/c1-8(6-12)15-10-4-3-9(7-13)5-11(10)14-2/h3-5,7-8H,1-2H3. The molecule has 1 rings (SSSR count). The van der Waals surface area contributed by atoms with Crippen LogP contribution < -0.4 is 9.47 Å². The number of carbonyl (C=O) groups excluding carboxylic acids is 1. The van der Waals surface area contributed by atoms with Gasteiger partial charge in [0.25, 0.3) is 0 Å². The van der Waals surface area contributed by atoms with Crippen molar-refractivity contribution in [3.63, 3.8) is 0 Å². The van der Waals surface area contributed by atoms with E-state index in [0.717, 1.165) is 6.29 Å². The molecule has 4 nitrogen and oxygen atoms in total. The Kier molecular flexibility index (Phi) is 3.69. The van der Waals surface area contributed by atoms with Gasteiger partial charge in [0, 0.05) is 5.56 Å². The van der Waals surface area contributed by atoms with Crippen LogP contribution >= 0.6 is 0 Å². The van der Waals surface area contributed by atoms with Gasteiger partial charge < -0.3 is 9.47 Å². The highest BCUT2D eigenvalue weighted by Crippen LogP contribution is 2.28. The van der Waals surface area contributed by atoms with E-state index in [1.807, 2.05) is 6.07 Å². The molecule has 4 heteroatoms. The number of carbonyl (C=O) groups is 1. The maximum absolute atomic E-state index is 10.5. The Balaban J connectivity index is 2.98. The van der Waals surface area contributed by atoms with Gasteiger partial charge in [-0.2, -0.15) is 5.26 Å². The Morgan fingerprint density at radius 1 is 1.47 bits per heavy atom. The highest BCUT2D eigenvalue weighted by molar-refractivity contribution is 5.76. The highest BCUT2D eigenvalue weighted by atomic mass is 16.5. The van der Waals surface area contributed by atoms with E-state index in [2.05, 4.69) is 0 Å². The summed E-state index contributed by atoms with van der Waals surface area (Å²) < 4.78 is 10.3. The van der Waals surface area contributed by atoms with Crippen molar-refractivity contribution >= 4 is 6.29 Å². The Hall–Kier alpha value is -2.02. The normalized spacial score (nSPS) is 11.3. The number of benzene rings is 1. The third-order valence-electron chi connectivity index (χ3n) is 1.81. The van der Waals surface area contributed by atoms with Crippen molar-refractivity contribution < 1.29 is 14.3 Å². The lowest BCUT2D eigenvalue weighted by molar-refractivity contribution is 0.112. The van der Waals surface area contributed by atoms with Crippen molar-refractivity contribution in [3.05, 3.63) is 23.8 Å². The molecule has 0 saturated heterocycles. The highest BCUT2D eigenvalue weighted by Gasteiger charge is 2.08. The Morgan fingerprint density at radius 3 is 2.73 bits per heavy atom. The summed E-state index contributed by atoms with van der Waals surface area (Å²) in [5.74, 6) is 0.902. The predicted molar refractivity (Wildman–Crippen MR) is 54.1 cm³/mol. The summed E-state index contributed by atoms with van der Waals surface area (Å²) in [5.41, 5.74) is 0.504. The van der Waals surface area contributed by atoms with Crippen molar-refractivity contribution in [1.29, 1.82) is 5.26 Å². The maximum atomic E-state index is 10.5. The zero-order valence-corrected chi connectivity index (χ0v) is 8.56. The summed E-state index contributed by atoms with van der Waals surface area (Å²) in [4.78, 5) is 10.5. The van der Waals surface area contributed by atoms with Crippen LogP contribution in [0.5, 0.6) is 11.5 Å². The molecule has 0 bridgehead atoms. The minimum atomic E-state index is -0.555. The molecule has 1 unspecified atom stereocenters. The van der Waals surface area contributed by atoms with Crippen LogP contribution in [0.15, 0.2) is 18.2 Å². The largest absolute Gasteiger partial charge is 0.493 e. The van der Waals surface area contributed by atoms with E-state index in [4.69, 9.17) is 14.7 Å². The fourth-order valence-electron chi connectivity index (χ4n) is 1.07. The Morgan fingerprint density at radius 2 is 2.20 bits per heavy atom. The van der Waals surface area contributed by atoms with E-state index >= 15 is 0 Å². The molecule has 0 aliphatic heterocycles. The van der Waals surface area contributed by atoms with Gasteiger partial charge in [-0.3, -0.25) is 4.79 Å². The number of aldehydes is 1. The summed E-state index contributed by atoms with van der Waals surface area (Å²) in [7, 11) is 1.48. The summed E-state index contributed by atoms with van der Waals surface area (Å²) >= 11 is 0. The fourth-order valence-corrected chi connectivity index (χ4v) is 1.07. The first-order valence-electron chi connectivity index (χ1n) is 4.40. The van der Waals surface area contributed by atoms with E-state index in [1.54, 1.807) is 25.1 Å². The number of hydrogen-bond donors (Lipinski definition) is 0. The van der Waals surface area contributed by atoms with E-state index in [1.165, 1.54) is 7.11 Å². The first kappa shape index (κ1) is 11.1. The van der Waals surface area contributed by atoms with Crippen LogP contribution in [-0.2, 0) is 0 Å².